The Kier molecular flexibility index (Phi) is 7.89. The van der Waals surface area contributed by atoms with Gasteiger partial charge in [0.1, 0.15) is 0 Å². The molecule has 2 rings (SSSR count). The van der Waals surface area contributed by atoms with E-state index in [0.717, 1.165) is 32.4 Å². The van der Waals surface area contributed by atoms with Gasteiger partial charge in [-0.05, 0) is 63.4 Å². The minimum Gasteiger partial charge on any atom is -0.490 e. The van der Waals surface area contributed by atoms with Crippen LogP contribution in [-0.4, -0.2) is 38.8 Å². The first-order chi connectivity index (χ1) is 11.7. The second-order valence-corrected chi connectivity index (χ2v) is 6.20. The molecule has 1 amide bonds. The van der Waals surface area contributed by atoms with Gasteiger partial charge in [0, 0.05) is 12.1 Å². The summed E-state index contributed by atoms with van der Waals surface area (Å²) in [4.78, 5) is 12.3. The minimum atomic E-state index is -0.0537. The summed E-state index contributed by atoms with van der Waals surface area (Å²) in [7, 11) is 0. The lowest BCUT2D eigenvalue weighted by Gasteiger charge is -2.14. The highest BCUT2D eigenvalue weighted by Gasteiger charge is 2.15. The fourth-order valence-corrected chi connectivity index (χ4v) is 2.82. The van der Waals surface area contributed by atoms with Crippen molar-refractivity contribution in [2.45, 2.75) is 39.5 Å². The Bertz CT molecular complexity index is 513. The highest BCUT2D eigenvalue weighted by atomic mass is 16.5. The Labute approximate surface area is 145 Å². The zero-order valence-electron chi connectivity index (χ0n) is 14.9. The van der Waals surface area contributed by atoms with Crippen molar-refractivity contribution < 1.29 is 14.3 Å². The molecule has 1 aliphatic rings. The first-order valence-corrected chi connectivity index (χ1v) is 9.13. The van der Waals surface area contributed by atoms with Crippen molar-refractivity contribution in [1.82, 2.24) is 10.6 Å². The molecule has 0 aromatic heterocycles. The van der Waals surface area contributed by atoms with Gasteiger partial charge in [-0.15, -0.1) is 0 Å². The smallest absolute Gasteiger partial charge is 0.251 e. The number of carbonyl (C=O) groups is 1. The van der Waals surface area contributed by atoms with Crippen LogP contribution in [0.1, 0.15) is 49.9 Å². The number of nitrogens with one attached hydrogen (secondary N) is 2. The molecule has 2 N–H and O–H groups in total. The molecule has 5 heteroatoms. The number of rotatable bonds is 10. The van der Waals surface area contributed by atoms with Gasteiger partial charge in [0.05, 0.1) is 13.2 Å². The van der Waals surface area contributed by atoms with Gasteiger partial charge >= 0.3 is 0 Å². The monoisotopic (exact) mass is 334 g/mol. The Morgan fingerprint density at radius 1 is 1.29 bits per heavy atom. The summed E-state index contributed by atoms with van der Waals surface area (Å²) in [6.45, 7) is 8.13. The third-order valence-corrected chi connectivity index (χ3v) is 4.26. The van der Waals surface area contributed by atoms with Gasteiger partial charge in [-0.1, -0.05) is 13.3 Å². The van der Waals surface area contributed by atoms with Crippen molar-refractivity contribution in [2.75, 3.05) is 32.8 Å². The number of ether oxygens (including phenoxy) is 2. The Morgan fingerprint density at radius 3 is 2.88 bits per heavy atom. The molecule has 1 heterocycles. The van der Waals surface area contributed by atoms with Gasteiger partial charge in [0.25, 0.3) is 5.91 Å². The average Bonchev–Trinajstić information content (AvgIpc) is 3.10. The number of hydrogen-bond donors (Lipinski definition) is 2. The average molecular weight is 334 g/mol. The largest absolute Gasteiger partial charge is 0.490 e. The molecule has 24 heavy (non-hydrogen) atoms. The molecule has 1 saturated heterocycles. The van der Waals surface area contributed by atoms with Crippen LogP contribution in [0.4, 0.5) is 0 Å². The maximum absolute atomic E-state index is 12.3. The standard InChI is InChI=1S/C19H30N2O3/c1-3-5-12-24-17-7-6-16(13-18(17)23-4-2)19(22)21-11-9-15-8-10-20-14-15/h6-7,13,15,20H,3-5,8-12,14H2,1-2H3,(H,21,22). The van der Waals surface area contributed by atoms with Crippen molar-refractivity contribution in [3.05, 3.63) is 23.8 Å². The summed E-state index contributed by atoms with van der Waals surface area (Å²) < 4.78 is 11.4. The lowest BCUT2D eigenvalue weighted by Crippen LogP contribution is -2.26. The second-order valence-electron chi connectivity index (χ2n) is 6.20. The van der Waals surface area contributed by atoms with E-state index in [2.05, 4.69) is 17.6 Å². The highest BCUT2D eigenvalue weighted by molar-refractivity contribution is 5.94. The molecule has 1 aromatic carbocycles. The van der Waals surface area contributed by atoms with Crippen LogP contribution in [0.15, 0.2) is 18.2 Å². The van der Waals surface area contributed by atoms with Crippen LogP contribution in [0.3, 0.4) is 0 Å². The van der Waals surface area contributed by atoms with Crippen molar-refractivity contribution in [3.63, 3.8) is 0 Å². The number of amides is 1. The molecule has 0 spiro atoms. The summed E-state index contributed by atoms with van der Waals surface area (Å²) in [5, 5.41) is 6.35. The van der Waals surface area contributed by atoms with Crippen molar-refractivity contribution in [1.29, 1.82) is 0 Å². The van der Waals surface area contributed by atoms with E-state index in [9.17, 15) is 4.79 Å². The summed E-state index contributed by atoms with van der Waals surface area (Å²) in [6.07, 6.45) is 4.31. The molecule has 5 nitrogen and oxygen atoms in total. The minimum absolute atomic E-state index is 0.0537. The predicted molar refractivity (Wildman–Crippen MR) is 95.9 cm³/mol. The number of hydrogen-bond acceptors (Lipinski definition) is 4. The summed E-state index contributed by atoms with van der Waals surface area (Å²) in [6, 6.07) is 5.41. The van der Waals surface area contributed by atoms with Gasteiger partial charge in [-0.3, -0.25) is 4.79 Å². The second kappa shape index (κ2) is 10.2. The van der Waals surface area contributed by atoms with Crippen LogP contribution in [-0.2, 0) is 0 Å². The van der Waals surface area contributed by atoms with Crippen molar-refractivity contribution >= 4 is 5.91 Å². The SMILES string of the molecule is CCCCOc1ccc(C(=O)NCCC2CCNC2)cc1OCC. The molecule has 1 aromatic rings. The molecule has 134 valence electrons. The third-order valence-electron chi connectivity index (χ3n) is 4.26. The first-order valence-electron chi connectivity index (χ1n) is 9.13. The number of unbranched alkanes of at least 4 members (excludes halogenated alkanes) is 1. The molecule has 0 radical (unpaired) electrons. The van der Waals surface area contributed by atoms with Crippen LogP contribution < -0.4 is 20.1 Å². The molecular weight excluding hydrogens is 304 g/mol. The van der Waals surface area contributed by atoms with E-state index in [1.165, 1.54) is 6.42 Å². The van der Waals surface area contributed by atoms with E-state index in [0.29, 0.717) is 42.7 Å². The molecule has 1 unspecified atom stereocenters. The highest BCUT2D eigenvalue weighted by Crippen LogP contribution is 2.28. The zero-order chi connectivity index (χ0) is 17.2. The van der Waals surface area contributed by atoms with E-state index in [1.807, 2.05) is 13.0 Å². The van der Waals surface area contributed by atoms with Gasteiger partial charge in [0.15, 0.2) is 11.5 Å². The van der Waals surface area contributed by atoms with E-state index in [-0.39, 0.29) is 5.91 Å². The number of benzene rings is 1. The molecule has 0 saturated carbocycles. The topological polar surface area (TPSA) is 59.6 Å². The zero-order valence-corrected chi connectivity index (χ0v) is 14.9. The van der Waals surface area contributed by atoms with Crippen LogP contribution >= 0.6 is 0 Å². The lowest BCUT2D eigenvalue weighted by molar-refractivity contribution is 0.0951. The van der Waals surface area contributed by atoms with Gasteiger partial charge in [-0.25, -0.2) is 0 Å². The fraction of sp³-hybridized carbons (Fsp3) is 0.632. The Balaban J connectivity index is 1.90. The summed E-state index contributed by atoms with van der Waals surface area (Å²) >= 11 is 0. The Morgan fingerprint density at radius 2 is 2.17 bits per heavy atom. The van der Waals surface area contributed by atoms with Crippen molar-refractivity contribution in [2.24, 2.45) is 5.92 Å². The first kappa shape index (κ1) is 18.6. The van der Waals surface area contributed by atoms with E-state index >= 15 is 0 Å². The maximum Gasteiger partial charge on any atom is 0.251 e. The summed E-state index contributed by atoms with van der Waals surface area (Å²) in [5.41, 5.74) is 0.617. The van der Waals surface area contributed by atoms with Gasteiger partial charge in [0.2, 0.25) is 0 Å². The van der Waals surface area contributed by atoms with Crippen molar-refractivity contribution in [3.8, 4) is 11.5 Å². The third kappa shape index (κ3) is 5.71. The van der Waals surface area contributed by atoms with Crippen LogP contribution in [0.25, 0.3) is 0 Å². The van der Waals surface area contributed by atoms with E-state index in [4.69, 9.17) is 9.47 Å². The normalized spacial score (nSPS) is 16.8. The molecule has 1 fully saturated rings. The van der Waals surface area contributed by atoms with Crippen LogP contribution in [0.5, 0.6) is 11.5 Å². The number of carbonyl (C=O) groups excluding carboxylic acids is 1. The Hall–Kier alpha value is -1.75. The van der Waals surface area contributed by atoms with Gasteiger partial charge in [-0.2, -0.15) is 0 Å². The quantitative estimate of drug-likeness (QED) is 0.646. The molecule has 0 aliphatic carbocycles. The van der Waals surface area contributed by atoms with E-state index < -0.39 is 0 Å². The molecule has 0 bridgehead atoms. The fourth-order valence-electron chi connectivity index (χ4n) is 2.82. The lowest BCUT2D eigenvalue weighted by atomic mass is 10.1. The summed E-state index contributed by atoms with van der Waals surface area (Å²) in [5.74, 6) is 1.97. The molecule has 1 aliphatic heterocycles. The van der Waals surface area contributed by atoms with Gasteiger partial charge < -0.3 is 20.1 Å². The molecular formula is C19H30N2O3. The van der Waals surface area contributed by atoms with Crippen LogP contribution in [0, 0.1) is 5.92 Å². The maximum atomic E-state index is 12.3. The predicted octanol–water partition coefficient (Wildman–Crippen LogP) is 2.99. The van der Waals surface area contributed by atoms with E-state index in [1.54, 1.807) is 12.1 Å². The van der Waals surface area contributed by atoms with Crippen LogP contribution in [0.2, 0.25) is 0 Å². The molecule has 1 atom stereocenters.